The van der Waals surface area contributed by atoms with Crippen molar-refractivity contribution in [3.05, 3.63) is 101 Å². The number of benzene rings is 3. The van der Waals surface area contributed by atoms with Crippen LogP contribution in [0.1, 0.15) is 45.8 Å². The Balaban J connectivity index is 1.25. The Morgan fingerprint density at radius 2 is 1.49 bits per heavy atom. The third-order valence-corrected chi connectivity index (χ3v) is 7.02. The number of likely N-dealkylation sites (tertiary alicyclic amines) is 1. The van der Waals surface area contributed by atoms with Crippen LogP contribution in [0.15, 0.2) is 78.9 Å². The van der Waals surface area contributed by atoms with Gasteiger partial charge in [0.25, 0.3) is 5.91 Å². The molecule has 0 saturated carbocycles. The Morgan fingerprint density at radius 1 is 0.902 bits per heavy atom. The van der Waals surface area contributed by atoms with E-state index in [0.717, 1.165) is 31.5 Å². The number of rotatable bonds is 9. The summed E-state index contributed by atoms with van der Waals surface area (Å²) in [6.07, 6.45) is 0.461. The molecule has 212 valence electrons. The van der Waals surface area contributed by atoms with Crippen LogP contribution < -0.4 is 16.4 Å². The number of nitrogens with zero attached hydrogens (tertiary/aromatic N) is 1. The van der Waals surface area contributed by atoms with Gasteiger partial charge in [0.05, 0.1) is 6.54 Å². The van der Waals surface area contributed by atoms with Gasteiger partial charge in [0.1, 0.15) is 18.9 Å². The minimum absolute atomic E-state index is 0.0425. The fourth-order valence-corrected chi connectivity index (χ4v) is 4.72. The minimum atomic E-state index is -1.63. The van der Waals surface area contributed by atoms with E-state index in [4.69, 9.17) is 10.8 Å². The normalized spacial score (nSPS) is 15.2. The number of anilines is 1. The number of hydrogen-bond donors (Lipinski definition) is 5. The summed E-state index contributed by atoms with van der Waals surface area (Å²) in [6, 6.07) is 22.8. The summed E-state index contributed by atoms with van der Waals surface area (Å²) in [4.78, 5) is 38.8. The molecule has 3 aromatic rings. The Kier molecular flexibility index (Phi) is 10.4. The highest BCUT2D eigenvalue weighted by Crippen LogP contribution is 2.27. The molecule has 41 heavy (non-hydrogen) atoms. The number of carbonyl (C=O) groups excluding carboxylic acids is 3. The standard InChI is InChI=1S/C32H34N4O5/c33-31(40)30(28(38)21-37)35-32(41)26-12-8-22(9-13-26)6-7-23-10-14-27(15-11-23)34-29(39)20-36-18-16-25(17-19-36)24-4-2-1-3-5-24/h1-5,8-15,25,30-31,37,40H,16-21,33H2,(H,34,39)(H,35,41)/t30-,31+/m1/s1. The summed E-state index contributed by atoms with van der Waals surface area (Å²) >= 11 is 0. The number of nitrogens with one attached hydrogen (secondary N) is 2. The summed E-state index contributed by atoms with van der Waals surface area (Å²) in [5, 5.41) is 23.7. The number of ketones is 1. The maximum Gasteiger partial charge on any atom is 0.251 e. The van der Waals surface area contributed by atoms with Gasteiger partial charge in [0.15, 0.2) is 5.78 Å². The SMILES string of the molecule is N[C@@H](O)[C@H](NC(=O)c1ccc(C#Cc2ccc(NC(=O)CN3CCC(c4ccccc4)CC3)cc2)cc1)C(=O)CO. The van der Waals surface area contributed by atoms with Crippen LogP contribution in [0, 0.1) is 11.8 Å². The van der Waals surface area contributed by atoms with E-state index in [1.165, 1.54) is 17.7 Å². The molecule has 3 aromatic carbocycles. The van der Waals surface area contributed by atoms with Gasteiger partial charge in [-0.1, -0.05) is 42.2 Å². The second kappa shape index (κ2) is 14.3. The first-order chi connectivity index (χ1) is 19.8. The summed E-state index contributed by atoms with van der Waals surface area (Å²) in [7, 11) is 0. The largest absolute Gasteiger partial charge is 0.388 e. The van der Waals surface area contributed by atoms with E-state index in [1.54, 1.807) is 12.1 Å². The molecule has 9 heteroatoms. The van der Waals surface area contributed by atoms with E-state index in [2.05, 4.69) is 51.6 Å². The fourth-order valence-electron chi connectivity index (χ4n) is 4.72. The summed E-state index contributed by atoms with van der Waals surface area (Å²) < 4.78 is 0. The maximum atomic E-state index is 12.6. The van der Waals surface area contributed by atoms with Gasteiger partial charge in [0, 0.05) is 22.4 Å². The zero-order valence-electron chi connectivity index (χ0n) is 22.6. The smallest absolute Gasteiger partial charge is 0.251 e. The van der Waals surface area contributed by atoms with Crippen molar-refractivity contribution in [3.8, 4) is 11.8 Å². The van der Waals surface area contributed by atoms with Crippen molar-refractivity contribution in [2.45, 2.75) is 31.0 Å². The van der Waals surface area contributed by atoms with E-state index in [-0.39, 0.29) is 11.5 Å². The number of Topliss-reactive ketones (excluding diaryl/α,β-unsaturated/α-hetero) is 1. The quantitative estimate of drug-likeness (QED) is 0.201. The first-order valence-electron chi connectivity index (χ1n) is 13.5. The highest BCUT2D eigenvalue weighted by Gasteiger charge is 2.25. The second-order valence-electron chi connectivity index (χ2n) is 9.98. The molecule has 2 amide bonds. The van der Waals surface area contributed by atoms with Gasteiger partial charge in [-0.15, -0.1) is 0 Å². The Labute approximate surface area is 239 Å². The van der Waals surface area contributed by atoms with Crippen LogP contribution in [0.2, 0.25) is 0 Å². The minimum Gasteiger partial charge on any atom is -0.388 e. The van der Waals surface area contributed by atoms with Crippen LogP contribution in [0.3, 0.4) is 0 Å². The van der Waals surface area contributed by atoms with Crippen molar-refractivity contribution in [1.29, 1.82) is 0 Å². The van der Waals surface area contributed by atoms with Gasteiger partial charge >= 0.3 is 0 Å². The Morgan fingerprint density at radius 3 is 2.05 bits per heavy atom. The third-order valence-electron chi connectivity index (χ3n) is 7.02. The van der Waals surface area contributed by atoms with Crippen LogP contribution in [0.25, 0.3) is 0 Å². The summed E-state index contributed by atoms with van der Waals surface area (Å²) in [6.45, 7) is 1.31. The van der Waals surface area contributed by atoms with Crippen molar-refractivity contribution in [2.24, 2.45) is 5.73 Å². The molecule has 9 nitrogen and oxygen atoms in total. The highest BCUT2D eigenvalue weighted by molar-refractivity contribution is 5.98. The Hall–Kier alpha value is -4.33. The van der Waals surface area contributed by atoms with Gasteiger partial charge in [-0.05, 0) is 85.9 Å². The molecular formula is C32H34N4O5. The van der Waals surface area contributed by atoms with Crippen LogP contribution in [-0.4, -0.2) is 71.2 Å². The van der Waals surface area contributed by atoms with E-state index in [0.29, 0.717) is 23.7 Å². The fraction of sp³-hybridized carbons (Fsp3) is 0.281. The zero-order valence-corrected chi connectivity index (χ0v) is 22.6. The van der Waals surface area contributed by atoms with Gasteiger partial charge in [-0.25, -0.2) is 0 Å². The molecule has 0 unspecified atom stereocenters. The van der Waals surface area contributed by atoms with Gasteiger partial charge in [0.2, 0.25) is 5.91 Å². The van der Waals surface area contributed by atoms with Gasteiger partial charge in [-0.3, -0.25) is 19.3 Å². The lowest BCUT2D eigenvalue weighted by atomic mass is 9.89. The monoisotopic (exact) mass is 554 g/mol. The number of nitrogens with two attached hydrogens (primary N) is 1. The van der Waals surface area contributed by atoms with Crippen molar-refractivity contribution < 1.29 is 24.6 Å². The van der Waals surface area contributed by atoms with E-state index >= 15 is 0 Å². The van der Waals surface area contributed by atoms with Crippen molar-refractivity contribution in [1.82, 2.24) is 10.2 Å². The molecule has 1 heterocycles. The van der Waals surface area contributed by atoms with Crippen molar-refractivity contribution in [3.63, 3.8) is 0 Å². The molecule has 0 radical (unpaired) electrons. The second-order valence-corrected chi connectivity index (χ2v) is 9.98. The van der Waals surface area contributed by atoms with Crippen LogP contribution in [0.4, 0.5) is 5.69 Å². The Bertz CT molecular complexity index is 1390. The maximum absolute atomic E-state index is 12.6. The lowest BCUT2D eigenvalue weighted by Gasteiger charge is -2.31. The molecule has 0 aliphatic carbocycles. The van der Waals surface area contributed by atoms with Gasteiger partial charge in [-0.2, -0.15) is 0 Å². The van der Waals surface area contributed by atoms with Crippen molar-refractivity contribution >= 4 is 23.3 Å². The average molecular weight is 555 g/mol. The molecule has 1 aliphatic heterocycles. The molecule has 4 rings (SSSR count). The number of piperidine rings is 1. The molecule has 2 atom stereocenters. The molecular weight excluding hydrogens is 520 g/mol. The first kappa shape index (κ1) is 29.6. The predicted octanol–water partition coefficient (Wildman–Crippen LogP) is 1.84. The zero-order chi connectivity index (χ0) is 29.2. The average Bonchev–Trinajstić information content (AvgIpc) is 3.00. The number of aliphatic hydroxyl groups is 2. The predicted molar refractivity (Wildman–Crippen MR) is 156 cm³/mol. The molecule has 1 aliphatic rings. The van der Waals surface area contributed by atoms with Gasteiger partial charge < -0.3 is 26.6 Å². The number of amides is 2. The molecule has 6 N–H and O–H groups in total. The molecule has 0 aromatic heterocycles. The lowest BCUT2D eigenvalue weighted by Crippen LogP contribution is -2.53. The molecule has 1 fully saturated rings. The van der Waals surface area contributed by atoms with E-state index in [1.807, 2.05) is 30.3 Å². The molecule has 0 bridgehead atoms. The number of hydrogen-bond acceptors (Lipinski definition) is 7. The molecule has 1 saturated heterocycles. The van der Waals surface area contributed by atoms with Crippen molar-refractivity contribution in [2.75, 3.05) is 31.6 Å². The van der Waals surface area contributed by atoms with Crippen LogP contribution >= 0.6 is 0 Å². The first-order valence-corrected chi connectivity index (χ1v) is 13.5. The van der Waals surface area contributed by atoms with E-state index < -0.39 is 30.6 Å². The van der Waals surface area contributed by atoms with Crippen LogP contribution in [0.5, 0.6) is 0 Å². The highest BCUT2D eigenvalue weighted by atomic mass is 16.3. The topological polar surface area (TPSA) is 145 Å². The summed E-state index contributed by atoms with van der Waals surface area (Å²) in [5.41, 5.74) is 9.06. The number of aliphatic hydroxyl groups excluding tert-OH is 2. The summed E-state index contributed by atoms with van der Waals surface area (Å²) in [5.74, 6) is 5.17. The molecule has 0 spiro atoms. The van der Waals surface area contributed by atoms with Crippen LogP contribution in [-0.2, 0) is 9.59 Å². The van der Waals surface area contributed by atoms with E-state index in [9.17, 15) is 19.5 Å². The lowest BCUT2D eigenvalue weighted by molar-refractivity contribution is -0.126. The third kappa shape index (κ3) is 8.58. The number of carbonyl (C=O) groups is 3.